The molecule has 1 atom stereocenters. The van der Waals surface area contributed by atoms with Crippen LogP contribution >= 0.6 is 15.9 Å². The van der Waals surface area contributed by atoms with Gasteiger partial charge in [-0.2, -0.15) is 0 Å². The molecule has 0 bridgehead atoms. The maximum Gasteiger partial charge on any atom is 0.265 e. The van der Waals surface area contributed by atoms with E-state index in [1.165, 1.54) is 12.3 Å². The third kappa shape index (κ3) is 3.30. The number of hydrogen-bond acceptors (Lipinski definition) is 5. The molecular formula is C15H11BrFN3O4. The van der Waals surface area contributed by atoms with E-state index in [0.717, 1.165) is 12.3 Å². The maximum absolute atomic E-state index is 12.8. The second-order valence-corrected chi connectivity index (χ2v) is 5.95. The monoisotopic (exact) mass is 395 g/mol. The van der Waals surface area contributed by atoms with Crippen LogP contribution in [0.5, 0.6) is 0 Å². The van der Waals surface area contributed by atoms with Gasteiger partial charge in [-0.3, -0.25) is 9.59 Å². The number of aliphatic hydroxyl groups is 1. The molecule has 0 radical (unpaired) electrons. The van der Waals surface area contributed by atoms with Crippen LogP contribution in [0, 0.1) is 5.82 Å². The summed E-state index contributed by atoms with van der Waals surface area (Å²) < 4.78 is 18.8. The third-order valence-corrected chi connectivity index (χ3v) is 3.76. The Morgan fingerprint density at radius 1 is 1.50 bits per heavy atom. The number of nitrogens with one attached hydrogen (secondary N) is 2. The normalized spacial score (nSPS) is 17.6. The number of pyridine rings is 1. The van der Waals surface area contributed by atoms with E-state index in [1.807, 2.05) is 0 Å². The first kappa shape index (κ1) is 16.2. The molecule has 0 saturated carbocycles. The molecule has 0 aromatic carbocycles. The molecule has 7 nitrogen and oxygen atoms in total. The highest BCUT2D eigenvalue weighted by atomic mass is 79.9. The zero-order valence-corrected chi connectivity index (χ0v) is 13.6. The van der Waals surface area contributed by atoms with Crippen molar-refractivity contribution in [3.05, 3.63) is 58.0 Å². The summed E-state index contributed by atoms with van der Waals surface area (Å²) in [4.78, 5) is 28.0. The van der Waals surface area contributed by atoms with Crippen LogP contribution in [0.3, 0.4) is 0 Å². The standard InChI is InChI=1S/C15H11BrFN3O4/c16-7-3-11(24-6-7)9-4-10(21)13(14(22)19-9)15(23)20-12-2-1-8(17)5-18-12/h1-3,5-6,9,21H,4H2,(H,19,22)(H,18,20,23). The Morgan fingerprint density at radius 2 is 2.29 bits per heavy atom. The Labute approximate surface area is 143 Å². The fourth-order valence-corrected chi connectivity index (χ4v) is 2.57. The van der Waals surface area contributed by atoms with Crippen LogP contribution in [0.15, 0.2) is 50.9 Å². The molecule has 1 aliphatic heterocycles. The van der Waals surface area contributed by atoms with Crippen molar-refractivity contribution < 1.29 is 23.5 Å². The average molecular weight is 396 g/mol. The van der Waals surface area contributed by atoms with E-state index in [-0.39, 0.29) is 18.0 Å². The van der Waals surface area contributed by atoms with Gasteiger partial charge in [-0.05, 0) is 34.1 Å². The molecule has 3 N–H and O–H groups in total. The quantitative estimate of drug-likeness (QED) is 0.692. The summed E-state index contributed by atoms with van der Waals surface area (Å²) >= 11 is 3.23. The Hall–Kier alpha value is -2.68. The van der Waals surface area contributed by atoms with Gasteiger partial charge in [0.1, 0.15) is 35.0 Å². The minimum atomic E-state index is -0.830. The van der Waals surface area contributed by atoms with Gasteiger partial charge in [0, 0.05) is 6.42 Å². The third-order valence-electron chi connectivity index (χ3n) is 3.35. The molecule has 24 heavy (non-hydrogen) atoms. The lowest BCUT2D eigenvalue weighted by molar-refractivity contribution is -0.123. The van der Waals surface area contributed by atoms with Crippen LogP contribution in [0.2, 0.25) is 0 Å². The summed E-state index contributed by atoms with van der Waals surface area (Å²) in [7, 11) is 0. The van der Waals surface area contributed by atoms with Gasteiger partial charge in [0.25, 0.3) is 11.8 Å². The van der Waals surface area contributed by atoms with Crippen molar-refractivity contribution in [2.24, 2.45) is 0 Å². The first-order valence-corrected chi connectivity index (χ1v) is 7.63. The van der Waals surface area contributed by atoms with Gasteiger partial charge in [-0.15, -0.1) is 0 Å². The summed E-state index contributed by atoms with van der Waals surface area (Å²) in [5.74, 6) is -1.99. The van der Waals surface area contributed by atoms with Crippen LogP contribution in [0.25, 0.3) is 0 Å². The van der Waals surface area contributed by atoms with Crippen molar-refractivity contribution in [3.8, 4) is 0 Å². The van der Waals surface area contributed by atoms with Crippen LogP contribution < -0.4 is 10.6 Å². The molecule has 124 valence electrons. The second kappa shape index (κ2) is 6.44. The van der Waals surface area contributed by atoms with E-state index in [1.54, 1.807) is 6.07 Å². The molecular weight excluding hydrogens is 385 g/mol. The Bertz CT molecular complexity index is 831. The molecule has 0 spiro atoms. The number of aliphatic hydroxyl groups excluding tert-OH is 1. The second-order valence-electron chi connectivity index (χ2n) is 5.03. The summed E-state index contributed by atoms with van der Waals surface area (Å²) in [6.45, 7) is 0. The SMILES string of the molecule is O=C(Nc1ccc(F)cn1)C1=C(O)CC(c2cc(Br)co2)NC1=O. The summed E-state index contributed by atoms with van der Waals surface area (Å²) in [5, 5.41) is 15.0. The molecule has 2 aromatic rings. The number of hydrogen-bond donors (Lipinski definition) is 3. The van der Waals surface area contributed by atoms with E-state index < -0.39 is 29.2 Å². The number of carbonyl (C=O) groups excluding carboxylic acids is 2. The molecule has 2 aromatic heterocycles. The highest BCUT2D eigenvalue weighted by molar-refractivity contribution is 9.10. The minimum absolute atomic E-state index is 0.00525. The van der Waals surface area contributed by atoms with Gasteiger partial charge in [-0.1, -0.05) is 0 Å². The van der Waals surface area contributed by atoms with E-state index in [0.29, 0.717) is 10.2 Å². The van der Waals surface area contributed by atoms with Crippen LogP contribution in [0.4, 0.5) is 10.2 Å². The zero-order valence-electron chi connectivity index (χ0n) is 12.0. The van der Waals surface area contributed by atoms with Crippen molar-refractivity contribution in [3.63, 3.8) is 0 Å². The summed E-state index contributed by atoms with van der Waals surface area (Å²) in [6.07, 6.45) is 2.38. The largest absolute Gasteiger partial charge is 0.511 e. The van der Waals surface area contributed by atoms with Crippen molar-refractivity contribution in [2.45, 2.75) is 12.5 Å². The minimum Gasteiger partial charge on any atom is -0.511 e. The topological polar surface area (TPSA) is 104 Å². The predicted molar refractivity (Wildman–Crippen MR) is 84.4 cm³/mol. The Kier molecular flexibility index (Phi) is 4.34. The number of nitrogens with zero attached hydrogens (tertiary/aromatic N) is 1. The van der Waals surface area contributed by atoms with Gasteiger partial charge < -0.3 is 20.2 Å². The first-order chi connectivity index (χ1) is 11.4. The molecule has 2 amide bonds. The average Bonchev–Trinajstić information content (AvgIpc) is 2.95. The number of amides is 2. The number of carbonyl (C=O) groups is 2. The Morgan fingerprint density at radius 3 is 2.88 bits per heavy atom. The fraction of sp³-hybridized carbons (Fsp3) is 0.133. The van der Waals surface area contributed by atoms with Crippen molar-refractivity contribution in [1.82, 2.24) is 10.3 Å². The van der Waals surface area contributed by atoms with Gasteiger partial charge in [-0.25, -0.2) is 9.37 Å². The predicted octanol–water partition coefficient (Wildman–Crippen LogP) is 2.59. The van der Waals surface area contributed by atoms with Crippen molar-refractivity contribution in [1.29, 1.82) is 0 Å². The molecule has 0 aliphatic carbocycles. The summed E-state index contributed by atoms with van der Waals surface area (Å²) in [6, 6.07) is 3.44. The molecule has 0 fully saturated rings. The lowest BCUT2D eigenvalue weighted by Crippen LogP contribution is -2.39. The van der Waals surface area contributed by atoms with Gasteiger partial charge >= 0.3 is 0 Å². The highest BCUT2D eigenvalue weighted by Gasteiger charge is 2.33. The van der Waals surface area contributed by atoms with Crippen LogP contribution in [0.1, 0.15) is 18.2 Å². The fourth-order valence-electron chi connectivity index (χ4n) is 2.25. The van der Waals surface area contributed by atoms with E-state index in [4.69, 9.17) is 4.42 Å². The molecule has 1 aliphatic rings. The zero-order chi connectivity index (χ0) is 17.3. The number of furan rings is 1. The van der Waals surface area contributed by atoms with E-state index in [2.05, 4.69) is 31.5 Å². The molecule has 0 saturated heterocycles. The van der Waals surface area contributed by atoms with Crippen LogP contribution in [-0.4, -0.2) is 21.9 Å². The molecule has 3 rings (SSSR count). The lowest BCUT2D eigenvalue weighted by Gasteiger charge is -2.23. The number of anilines is 1. The lowest BCUT2D eigenvalue weighted by atomic mass is 10.00. The highest BCUT2D eigenvalue weighted by Crippen LogP contribution is 2.29. The van der Waals surface area contributed by atoms with Crippen LogP contribution in [-0.2, 0) is 9.59 Å². The smallest absolute Gasteiger partial charge is 0.265 e. The van der Waals surface area contributed by atoms with E-state index >= 15 is 0 Å². The van der Waals surface area contributed by atoms with Gasteiger partial charge in [0.2, 0.25) is 0 Å². The molecule has 1 unspecified atom stereocenters. The van der Waals surface area contributed by atoms with Gasteiger partial charge in [0.05, 0.1) is 16.7 Å². The Balaban J connectivity index is 1.78. The maximum atomic E-state index is 12.8. The van der Waals surface area contributed by atoms with Crippen molar-refractivity contribution in [2.75, 3.05) is 5.32 Å². The van der Waals surface area contributed by atoms with Crippen molar-refractivity contribution >= 4 is 33.6 Å². The first-order valence-electron chi connectivity index (χ1n) is 6.84. The molecule has 9 heteroatoms. The van der Waals surface area contributed by atoms with E-state index in [9.17, 15) is 19.1 Å². The molecule has 3 heterocycles. The summed E-state index contributed by atoms with van der Waals surface area (Å²) in [5.41, 5.74) is -0.414. The number of aromatic nitrogens is 1. The number of halogens is 2. The number of rotatable bonds is 3. The van der Waals surface area contributed by atoms with Gasteiger partial charge in [0.15, 0.2) is 0 Å².